The van der Waals surface area contributed by atoms with Crippen molar-refractivity contribution in [3.8, 4) is 16.9 Å². The maximum Gasteiger partial charge on any atom is 0.346 e. The molecule has 0 fully saturated rings. The number of esters is 2. The van der Waals surface area contributed by atoms with Crippen LogP contribution >= 0.6 is 7.60 Å². The van der Waals surface area contributed by atoms with Crippen molar-refractivity contribution in [1.29, 1.82) is 0 Å². The van der Waals surface area contributed by atoms with Crippen molar-refractivity contribution >= 4 is 25.5 Å². The molecule has 12 heteroatoms. The molecule has 0 aliphatic carbocycles. The number of ether oxygens (including phenoxy) is 3. The number of carboxylic acid groups (broad SMARTS) is 1. The molecule has 0 amide bonds. The molecule has 0 aliphatic rings. The van der Waals surface area contributed by atoms with Crippen LogP contribution in [0, 0.1) is 0 Å². The Morgan fingerprint density at radius 3 is 1.97 bits per heavy atom. The molecule has 0 saturated heterocycles. The third kappa shape index (κ3) is 8.40. The summed E-state index contributed by atoms with van der Waals surface area (Å²) in [6, 6.07) is 12.7. The number of hydrogen-bond acceptors (Lipinski definition) is 8. The lowest BCUT2D eigenvalue weighted by Gasteiger charge is -2.36. The lowest BCUT2D eigenvalue weighted by molar-refractivity contribution is -0.149. The molecular weight excluding hydrogens is 505 g/mol. The van der Waals surface area contributed by atoms with Crippen molar-refractivity contribution in [2.75, 3.05) is 20.3 Å². The average molecular weight is 538 g/mol. The molecule has 1 unspecified atom stereocenters. The highest BCUT2D eigenvalue weighted by molar-refractivity contribution is 7.53. The van der Waals surface area contributed by atoms with Crippen LogP contribution in [0.5, 0.6) is 5.75 Å². The first kappa shape index (κ1) is 30.0. The molecule has 0 bridgehead atoms. The van der Waals surface area contributed by atoms with E-state index in [9.17, 15) is 33.8 Å². The van der Waals surface area contributed by atoms with Crippen LogP contribution in [-0.4, -0.2) is 64.4 Å². The summed E-state index contributed by atoms with van der Waals surface area (Å²) in [5.74, 6) is -2.76. The van der Waals surface area contributed by atoms with E-state index in [2.05, 4.69) is 5.32 Å². The first-order chi connectivity index (χ1) is 17.4. The summed E-state index contributed by atoms with van der Waals surface area (Å²) in [7, 11) is -3.75. The van der Waals surface area contributed by atoms with E-state index in [-0.39, 0.29) is 19.6 Å². The van der Waals surface area contributed by atoms with E-state index >= 15 is 0 Å². The highest BCUT2D eigenvalue weighted by Crippen LogP contribution is 2.53. The zero-order valence-electron chi connectivity index (χ0n) is 20.9. The van der Waals surface area contributed by atoms with Gasteiger partial charge in [-0.15, -0.1) is 0 Å². The van der Waals surface area contributed by atoms with Gasteiger partial charge in [0.05, 0.1) is 33.2 Å². The monoisotopic (exact) mass is 537 g/mol. The predicted octanol–water partition coefficient (Wildman–Crippen LogP) is 2.73. The third-order valence-corrected chi connectivity index (χ3v) is 7.14. The minimum atomic E-state index is -5.30. The lowest BCUT2D eigenvalue weighted by Crippen LogP contribution is -2.56. The Bertz CT molecular complexity index is 1110. The predicted molar refractivity (Wildman–Crippen MR) is 134 cm³/mol. The number of nitrogens with one attached hydrogen (secondary N) is 1. The Labute approximate surface area is 214 Å². The van der Waals surface area contributed by atoms with Crippen LogP contribution in [0.15, 0.2) is 48.5 Å². The Kier molecular flexibility index (Phi) is 10.8. The zero-order chi connectivity index (χ0) is 27.6. The van der Waals surface area contributed by atoms with Gasteiger partial charge in [-0.1, -0.05) is 36.4 Å². The summed E-state index contributed by atoms with van der Waals surface area (Å²) in [5.41, 5.74) is 2.26. The van der Waals surface area contributed by atoms with Gasteiger partial charge in [0.2, 0.25) is 0 Å². The Morgan fingerprint density at radius 1 is 0.946 bits per heavy atom. The highest BCUT2D eigenvalue weighted by atomic mass is 31.2. The quantitative estimate of drug-likeness (QED) is 0.206. The van der Waals surface area contributed by atoms with E-state index in [1.54, 1.807) is 37.4 Å². The fraction of sp³-hybridized carbons (Fsp3) is 0.400. The van der Waals surface area contributed by atoms with Crippen molar-refractivity contribution in [1.82, 2.24) is 5.32 Å². The highest BCUT2D eigenvalue weighted by Gasteiger charge is 2.52. The van der Waals surface area contributed by atoms with Crippen LogP contribution in [0.1, 0.15) is 32.3 Å². The summed E-state index contributed by atoms with van der Waals surface area (Å²) in [4.78, 5) is 57.0. The average Bonchev–Trinajstić information content (AvgIpc) is 2.83. The SMILES string of the molecule is CCOC(=O)CC(CC(=O)OCC)(NC(Cc1ccc(-c2cccc(OC)c2)cc1)C(=O)O)P(=O)(O)O. The maximum atomic E-state index is 12.6. The van der Waals surface area contributed by atoms with Gasteiger partial charge in [-0.25, -0.2) is 0 Å². The normalized spacial score (nSPS) is 12.5. The molecule has 2 rings (SSSR count). The van der Waals surface area contributed by atoms with Gasteiger partial charge in [-0.3, -0.25) is 24.3 Å². The Morgan fingerprint density at radius 2 is 1.51 bits per heavy atom. The molecule has 0 saturated carbocycles. The third-order valence-electron chi connectivity index (χ3n) is 5.58. The number of benzene rings is 2. The molecule has 1 atom stereocenters. The van der Waals surface area contributed by atoms with Gasteiger partial charge >= 0.3 is 25.5 Å². The molecule has 0 aliphatic heterocycles. The van der Waals surface area contributed by atoms with Gasteiger partial charge in [0.25, 0.3) is 0 Å². The number of hydrogen-bond donors (Lipinski definition) is 4. The summed E-state index contributed by atoms with van der Waals surface area (Å²) in [6.45, 7) is 2.87. The molecule has 0 spiro atoms. The number of carbonyl (C=O) groups is 3. The summed E-state index contributed by atoms with van der Waals surface area (Å²) < 4.78 is 27.5. The van der Waals surface area contributed by atoms with Gasteiger partial charge in [0, 0.05) is 0 Å². The molecule has 0 aromatic heterocycles. The molecule has 4 N–H and O–H groups in total. The number of carboxylic acids is 1. The zero-order valence-corrected chi connectivity index (χ0v) is 21.8. The van der Waals surface area contributed by atoms with Crippen LogP contribution in [0.4, 0.5) is 0 Å². The first-order valence-electron chi connectivity index (χ1n) is 11.6. The van der Waals surface area contributed by atoms with Gasteiger partial charge in [-0.2, -0.15) is 0 Å². The van der Waals surface area contributed by atoms with Gasteiger partial charge in [0.15, 0.2) is 0 Å². The smallest absolute Gasteiger partial charge is 0.346 e. The lowest BCUT2D eigenvalue weighted by atomic mass is 9.99. The van der Waals surface area contributed by atoms with Crippen LogP contribution in [0.2, 0.25) is 0 Å². The topological polar surface area (TPSA) is 169 Å². The molecule has 11 nitrogen and oxygen atoms in total. The molecular formula is C25H32NO10P. The largest absolute Gasteiger partial charge is 0.497 e. The second-order valence-corrected chi connectivity index (χ2v) is 10.2. The van der Waals surface area contributed by atoms with E-state index in [0.717, 1.165) is 11.1 Å². The van der Waals surface area contributed by atoms with E-state index in [1.165, 1.54) is 13.8 Å². The van der Waals surface area contributed by atoms with Gasteiger partial charge in [0.1, 0.15) is 17.1 Å². The van der Waals surface area contributed by atoms with Crippen molar-refractivity contribution in [2.24, 2.45) is 0 Å². The first-order valence-corrected chi connectivity index (χ1v) is 13.2. The molecule has 0 radical (unpaired) electrons. The van der Waals surface area contributed by atoms with Crippen LogP contribution < -0.4 is 10.1 Å². The van der Waals surface area contributed by atoms with Crippen molar-refractivity contribution in [2.45, 2.75) is 44.4 Å². The molecule has 0 heterocycles. The standard InChI is InChI=1S/C25H32NO10P/c1-4-35-22(27)15-25(37(31,32)33,16-23(28)36-5-2)26-21(24(29)30)13-17-9-11-18(12-10-17)19-7-6-8-20(14-19)34-3/h6-12,14,21,26H,4-5,13,15-16H2,1-3H3,(H,29,30)(H2,31,32,33). The molecule has 37 heavy (non-hydrogen) atoms. The van der Waals surface area contributed by atoms with E-state index in [4.69, 9.17) is 14.2 Å². The molecule has 2 aromatic carbocycles. The number of aliphatic carboxylic acids is 1. The maximum absolute atomic E-state index is 12.6. The van der Waals surface area contributed by atoms with Crippen molar-refractivity contribution in [3.05, 3.63) is 54.1 Å². The number of carbonyl (C=O) groups excluding carboxylic acids is 2. The summed E-state index contributed by atoms with van der Waals surface area (Å²) in [6.07, 6.45) is -2.08. The Balaban J connectivity index is 2.37. The van der Waals surface area contributed by atoms with Gasteiger partial charge in [-0.05, 0) is 49.1 Å². The minimum Gasteiger partial charge on any atom is -0.497 e. The second-order valence-electron chi connectivity index (χ2n) is 8.21. The van der Waals surface area contributed by atoms with E-state index in [0.29, 0.717) is 11.3 Å². The number of rotatable bonds is 14. The van der Waals surface area contributed by atoms with E-state index in [1.807, 2.05) is 18.2 Å². The van der Waals surface area contributed by atoms with Crippen molar-refractivity contribution < 1.29 is 48.1 Å². The molecule has 2 aromatic rings. The van der Waals surface area contributed by atoms with Crippen LogP contribution in [0.25, 0.3) is 11.1 Å². The van der Waals surface area contributed by atoms with Crippen LogP contribution in [0.3, 0.4) is 0 Å². The fourth-order valence-electron chi connectivity index (χ4n) is 3.75. The summed E-state index contributed by atoms with van der Waals surface area (Å²) >= 11 is 0. The minimum absolute atomic E-state index is 0.0719. The molecule has 202 valence electrons. The fourth-order valence-corrected chi connectivity index (χ4v) is 4.75. The van der Waals surface area contributed by atoms with E-state index < -0.39 is 49.7 Å². The summed E-state index contributed by atoms with van der Waals surface area (Å²) in [5, 5.41) is 9.74. The number of methoxy groups -OCH3 is 1. The second kappa shape index (κ2) is 13.3. The van der Waals surface area contributed by atoms with Crippen molar-refractivity contribution in [3.63, 3.8) is 0 Å². The van der Waals surface area contributed by atoms with Gasteiger partial charge < -0.3 is 29.1 Å². The Hall–Kier alpha value is -3.24. The van der Waals surface area contributed by atoms with Crippen LogP contribution in [-0.2, 0) is 34.8 Å².